The van der Waals surface area contributed by atoms with Gasteiger partial charge in [0.25, 0.3) is 0 Å². The van der Waals surface area contributed by atoms with Gasteiger partial charge in [-0.05, 0) is 65.7 Å². The number of nitrogens with one attached hydrogen (secondary N) is 2. The maximum atomic E-state index is 13.9. The van der Waals surface area contributed by atoms with Gasteiger partial charge in [-0.25, -0.2) is 4.98 Å². The molecule has 7 rings (SSSR count). The van der Waals surface area contributed by atoms with E-state index in [1.165, 1.54) is 6.92 Å². The fourth-order valence-electron chi connectivity index (χ4n) is 6.41. The molecule has 2 saturated heterocycles. The molecule has 1 spiro atoms. The summed E-state index contributed by atoms with van der Waals surface area (Å²) < 4.78 is 13.9. The van der Waals surface area contributed by atoms with Gasteiger partial charge in [-0.2, -0.15) is 0 Å². The van der Waals surface area contributed by atoms with E-state index in [1.54, 1.807) is 11.1 Å². The minimum absolute atomic E-state index is 0.0122. The molecule has 1 aliphatic carbocycles. The van der Waals surface area contributed by atoms with E-state index in [2.05, 4.69) is 38.5 Å². The number of pyridine rings is 1. The van der Waals surface area contributed by atoms with Gasteiger partial charge in [-0.15, -0.1) is 0 Å². The fraction of sp³-hybridized carbons (Fsp3) is 0.448. The molecule has 2 aromatic heterocycles. The molecule has 10 nitrogen and oxygen atoms in total. The number of carbonyl (C=O) groups is 3. The largest absolute Gasteiger partial charge is 0.489 e. The topological polar surface area (TPSA) is 115 Å². The number of halogens is 1. The maximum absolute atomic E-state index is 13.9. The molecule has 5 heterocycles. The molecule has 11 heteroatoms. The van der Waals surface area contributed by atoms with Crippen molar-refractivity contribution < 1.29 is 23.9 Å². The highest BCUT2D eigenvalue weighted by Crippen LogP contribution is 2.59. The van der Waals surface area contributed by atoms with Crippen LogP contribution in [0, 0.1) is 12.3 Å². The van der Waals surface area contributed by atoms with E-state index < -0.39 is 6.04 Å². The zero-order chi connectivity index (χ0) is 28.0. The van der Waals surface area contributed by atoms with Crippen LogP contribution in [-0.2, 0) is 20.9 Å². The van der Waals surface area contributed by atoms with Crippen molar-refractivity contribution >= 4 is 55.9 Å². The summed E-state index contributed by atoms with van der Waals surface area (Å²) in [4.78, 5) is 46.1. The van der Waals surface area contributed by atoms with Gasteiger partial charge in [0.1, 0.15) is 40.9 Å². The Kier molecular flexibility index (Phi) is 5.60. The average Bonchev–Trinajstić information content (AvgIpc) is 3.27. The predicted octanol–water partition coefficient (Wildman–Crippen LogP) is 3.90. The summed E-state index contributed by atoms with van der Waals surface area (Å²) in [6, 6.07) is 6.94. The summed E-state index contributed by atoms with van der Waals surface area (Å²) in [6.07, 6.45) is 3.22. The number of aromatic nitrogens is 2. The molecule has 2 N–H and O–H groups in total. The van der Waals surface area contributed by atoms with Crippen LogP contribution < -0.4 is 15.4 Å². The highest BCUT2D eigenvalue weighted by Gasteiger charge is 2.64. The zero-order valence-electron chi connectivity index (χ0n) is 22.5. The van der Waals surface area contributed by atoms with Gasteiger partial charge in [0.05, 0.1) is 24.4 Å². The number of fused-ring (bicyclic) bond motifs is 3. The summed E-state index contributed by atoms with van der Waals surface area (Å²) in [6.45, 7) is 7.18. The second-order valence-electron chi connectivity index (χ2n) is 12.0. The normalized spacial score (nSPS) is 25.4. The van der Waals surface area contributed by atoms with E-state index in [1.807, 2.05) is 35.8 Å². The van der Waals surface area contributed by atoms with Crippen molar-refractivity contribution in [1.29, 1.82) is 0 Å². The van der Waals surface area contributed by atoms with E-state index in [0.717, 1.165) is 28.6 Å². The van der Waals surface area contributed by atoms with Crippen molar-refractivity contribution in [2.75, 3.05) is 30.5 Å². The smallest absolute Gasteiger partial charge is 0.248 e. The molecule has 0 bridgehead atoms. The van der Waals surface area contributed by atoms with E-state index >= 15 is 0 Å². The number of hydrogen-bond acceptors (Lipinski definition) is 7. The van der Waals surface area contributed by atoms with Crippen LogP contribution in [0.5, 0.6) is 5.75 Å². The molecule has 1 aromatic carbocycles. The Balaban J connectivity index is 1.18. The summed E-state index contributed by atoms with van der Waals surface area (Å²) in [7, 11) is 0. The molecule has 3 atom stereocenters. The predicted molar refractivity (Wildman–Crippen MR) is 152 cm³/mol. The standard InChI is InChI=1S/C29H30BrN5O5/c1-15-4-5-24(30)31-26(15)32-27(38)21-8-28(3)9-23(28)35(21)25(37)11-34-10-18(16(2)36)17-6-19-22(7-20(17)34)40-14-29(33-19)12-39-13-29/h4-7,10,21,23,33H,8-9,11-14H2,1-3H3,(H,31,32,38)/t21-,23?,28-/m0/s1. The van der Waals surface area contributed by atoms with Gasteiger partial charge < -0.3 is 29.6 Å². The number of carbonyl (C=O) groups excluding carboxylic acids is 3. The number of nitrogens with zero attached hydrogens (tertiary/aromatic N) is 3. The second-order valence-corrected chi connectivity index (χ2v) is 12.8. The number of rotatable bonds is 5. The zero-order valence-corrected chi connectivity index (χ0v) is 24.1. The van der Waals surface area contributed by atoms with Crippen molar-refractivity contribution in [3.63, 3.8) is 0 Å². The van der Waals surface area contributed by atoms with Crippen LogP contribution in [0.15, 0.2) is 35.1 Å². The number of ketones is 1. The number of ether oxygens (including phenoxy) is 2. The molecule has 2 amide bonds. The Bertz CT molecular complexity index is 1610. The SMILES string of the molecule is CC(=O)c1cn(CC(=O)N2C3C[C@]3(C)C[C@H]2C(=O)Nc2nc(Br)ccc2C)c2cc3c(cc12)NC1(COC1)CO3. The molecule has 0 radical (unpaired) electrons. The lowest BCUT2D eigenvalue weighted by atomic mass is 9.96. The number of likely N-dealkylation sites (tertiary alicyclic amines) is 1. The lowest BCUT2D eigenvalue weighted by molar-refractivity contribution is -0.138. The first-order chi connectivity index (χ1) is 19.1. The third-order valence-corrected chi connectivity index (χ3v) is 9.30. The maximum Gasteiger partial charge on any atom is 0.248 e. The van der Waals surface area contributed by atoms with Gasteiger partial charge in [-0.3, -0.25) is 14.4 Å². The number of Topliss-reactive ketones (excluding diaryl/α,β-unsaturated/α-hetero) is 1. The Morgan fingerprint density at radius 1 is 1.20 bits per heavy atom. The number of aryl methyl sites for hydroxylation is 1. The van der Waals surface area contributed by atoms with Crippen molar-refractivity contribution in [3.05, 3.63) is 46.2 Å². The summed E-state index contributed by atoms with van der Waals surface area (Å²) in [5, 5.41) is 7.23. The van der Waals surface area contributed by atoms with E-state index in [0.29, 0.717) is 48.0 Å². The van der Waals surface area contributed by atoms with Crippen LogP contribution in [0.1, 0.15) is 42.6 Å². The number of hydrogen-bond donors (Lipinski definition) is 2. The molecular formula is C29H30BrN5O5. The van der Waals surface area contributed by atoms with Gasteiger partial charge in [0.2, 0.25) is 11.8 Å². The first-order valence-corrected chi connectivity index (χ1v) is 14.3. The monoisotopic (exact) mass is 607 g/mol. The third-order valence-electron chi connectivity index (χ3n) is 8.86. The molecule has 208 valence electrons. The van der Waals surface area contributed by atoms with Crippen LogP contribution in [0.3, 0.4) is 0 Å². The molecule has 1 unspecified atom stereocenters. The van der Waals surface area contributed by atoms with E-state index in [-0.39, 0.29) is 41.1 Å². The van der Waals surface area contributed by atoms with Crippen molar-refractivity contribution in [3.8, 4) is 5.75 Å². The second kappa shape index (κ2) is 8.78. The minimum Gasteiger partial charge on any atom is -0.489 e. The Hall–Kier alpha value is -3.44. The molecule has 3 aromatic rings. The summed E-state index contributed by atoms with van der Waals surface area (Å²) >= 11 is 3.36. The molecule has 3 aliphatic heterocycles. The highest BCUT2D eigenvalue weighted by molar-refractivity contribution is 9.10. The van der Waals surface area contributed by atoms with Gasteiger partial charge in [-0.1, -0.05) is 13.0 Å². The molecule has 40 heavy (non-hydrogen) atoms. The Morgan fingerprint density at radius 2 is 2.00 bits per heavy atom. The number of anilines is 2. The molecular weight excluding hydrogens is 578 g/mol. The van der Waals surface area contributed by atoms with E-state index in [4.69, 9.17) is 9.47 Å². The molecule has 1 saturated carbocycles. The first-order valence-electron chi connectivity index (χ1n) is 13.5. The van der Waals surface area contributed by atoms with Crippen LogP contribution in [0.4, 0.5) is 11.5 Å². The van der Waals surface area contributed by atoms with Gasteiger partial charge in [0, 0.05) is 29.3 Å². The quantitative estimate of drug-likeness (QED) is 0.334. The first kappa shape index (κ1) is 25.5. The lowest BCUT2D eigenvalue weighted by Gasteiger charge is -2.45. The highest BCUT2D eigenvalue weighted by atomic mass is 79.9. The molecule has 4 aliphatic rings. The summed E-state index contributed by atoms with van der Waals surface area (Å²) in [5.74, 6) is 0.685. The minimum atomic E-state index is -0.591. The Labute approximate surface area is 239 Å². The summed E-state index contributed by atoms with van der Waals surface area (Å²) in [5.41, 5.74) is 2.64. The van der Waals surface area contributed by atoms with Gasteiger partial charge in [0.15, 0.2) is 5.78 Å². The third kappa shape index (κ3) is 4.01. The van der Waals surface area contributed by atoms with Crippen LogP contribution in [0.2, 0.25) is 0 Å². The molecule has 3 fully saturated rings. The Morgan fingerprint density at radius 3 is 2.73 bits per heavy atom. The van der Waals surface area contributed by atoms with Crippen LogP contribution in [-0.4, -0.2) is 69.5 Å². The van der Waals surface area contributed by atoms with Crippen molar-refractivity contribution in [2.45, 2.75) is 57.8 Å². The lowest BCUT2D eigenvalue weighted by Crippen LogP contribution is -2.61. The number of benzene rings is 1. The average molecular weight is 608 g/mol. The van der Waals surface area contributed by atoms with E-state index in [9.17, 15) is 14.4 Å². The van der Waals surface area contributed by atoms with Crippen LogP contribution in [0.25, 0.3) is 10.9 Å². The van der Waals surface area contributed by atoms with Crippen LogP contribution >= 0.6 is 15.9 Å². The number of amides is 2. The van der Waals surface area contributed by atoms with Crippen molar-refractivity contribution in [1.82, 2.24) is 14.5 Å². The van der Waals surface area contributed by atoms with Crippen molar-refractivity contribution in [2.24, 2.45) is 5.41 Å². The fourth-order valence-corrected chi connectivity index (χ4v) is 6.72. The van der Waals surface area contributed by atoms with Gasteiger partial charge >= 0.3 is 0 Å². The number of piperidine rings is 1.